The van der Waals surface area contributed by atoms with Gasteiger partial charge in [-0.25, -0.2) is 9.97 Å². The molecule has 0 aliphatic heterocycles. The van der Waals surface area contributed by atoms with Gasteiger partial charge >= 0.3 is 0 Å². The first-order valence-electron chi connectivity index (χ1n) is 11.1. The number of aldehydes is 2. The minimum atomic E-state index is -0.452. The maximum Gasteiger partial charge on any atom is 0.268 e. The Labute approximate surface area is 231 Å². The number of rotatable bonds is 6. The van der Waals surface area contributed by atoms with E-state index in [1.54, 1.807) is 30.5 Å². The predicted molar refractivity (Wildman–Crippen MR) is 148 cm³/mol. The van der Waals surface area contributed by atoms with Crippen molar-refractivity contribution in [1.82, 2.24) is 14.4 Å². The summed E-state index contributed by atoms with van der Waals surface area (Å²) in [7, 11) is 1.44. The fourth-order valence-electron chi connectivity index (χ4n) is 4.15. The molecule has 188 valence electrons. The molecule has 0 spiro atoms. The molecule has 38 heavy (non-hydrogen) atoms. The molecular formula is C28H16Cl3N3O4. The van der Waals surface area contributed by atoms with Crippen LogP contribution in [0.5, 0.6) is 5.75 Å². The molecule has 0 atom stereocenters. The second-order valence-electron chi connectivity index (χ2n) is 8.15. The molecule has 0 unspecified atom stereocenters. The molecule has 0 saturated carbocycles. The van der Waals surface area contributed by atoms with E-state index in [1.165, 1.54) is 17.7 Å². The van der Waals surface area contributed by atoms with Gasteiger partial charge in [-0.3, -0.25) is 18.8 Å². The molecule has 0 fully saturated rings. The predicted octanol–water partition coefficient (Wildman–Crippen LogP) is 6.68. The van der Waals surface area contributed by atoms with E-state index in [9.17, 15) is 14.4 Å². The SMILES string of the molecule is COc1cc(-c2cccc(-c3cccc(-c4ccn5c(=O)c(C=O)cnc5c4)c3Cl)c2Cl)nc(Cl)c1C=O. The van der Waals surface area contributed by atoms with Crippen LogP contribution in [0, 0.1) is 0 Å². The van der Waals surface area contributed by atoms with E-state index in [0.29, 0.717) is 56.2 Å². The van der Waals surface area contributed by atoms with Crippen LogP contribution in [0.1, 0.15) is 20.7 Å². The van der Waals surface area contributed by atoms with Crippen molar-refractivity contribution in [3.8, 4) is 39.3 Å². The Morgan fingerprint density at radius 2 is 1.53 bits per heavy atom. The minimum Gasteiger partial charge on any atom is -0.496 e. The zero-order chi connectivity index (χ0) is 27.0. The Bertz CT molecular complexity index is 1820. The lowest BCUT2D eigenvalue weighted by atomic mass is 9.97. The summed E-state index contributed by atoms with van der Waals surface area (Å²) in [5, 5.41) is 0.812. The minimum absolute atomic E-state index is 0.000123. The number of methoxy groups -OCH3 is 1. The third kappa shape index (κ3) is 4.35. The number of aromatic nitrogens is 3. The first kappa shape index (κ1) is 25.6. The van der Waals surface area contributed by atoms with Gasteiger partial charge in [0.15, 0.2) is 12.6 Å². The Morgan fingerprint density at radius 1 is 0.868 bits per heavy atom. The summed E-state index contributed by atoms with van der Waals surface area (Å²) >= 11 is 20.0. The Balaban J connectivity index is 1.63. The topological polar surface area (TPSA) is 90.6 Å². The Kier molecular flexibility index (Phi) is 6.99. The second kappa shape index (κ2) is 10.4. The van der Waals surface area contributed by atoms with Crippen molar-refractivity contribution in [1.29, 1.82) is 0 Å². The second-order valence-corrected chi connectivity index (χ2v) is 9.26. The van der Waals surface area contributed by atoms with E-state index in [-0.39, 0.29) is 22.0 Å². The van der Waals surface area contributed by atoms with Crippen LogP contribution in [-0.2, 0) is 0 Å². The van der Waals surface area contributed by atoms with Gasteiger partial charge in [0.1, 0.15) is 16.5 Å². The summed E-state index contributed by atoms with van der Waals surface area (Å²) in [6, 6.07) is 16.0. The molecule has 0 aliphatic rings. The van der Waals surface area contributed by atoms with Gasteiger partial charge in [0.05, 0.1) is 34.0 Å². The van der Waals surface area contributed by atoms with Crippen LogP contribution in [-0.4, -0.2) is 34.1 Å². The number of pyridine rings is 2. The van der Waals surface area contributed by atoms with Crippen LogP contribution in [0.2, 0.25) is 15.2 Å². The molecule has 3 heterocycles. The van der Waals surface area contributed by atoms with Crippen molar-refractivity contribution < 1.29 is 14.3 Å². The Hall–Kier alpha value is -4.04. The number of hydrogen-bond donors (Lipinski definition) is 0. The van der Waals surface area contributed by atoms with Crippen LogP contribution in [0.25, 0.3) is 39.2 Å². The van der Waals surface area contributed by atoms with Gasteiger partial charge < -0.3 is 4.74 Å². The van der Waals surface area contributed by atoms with E-state index in [2.05, 4.69) is 9.97 Å². The molecule has 5 rings (SSSR count). The number of fused-ring (bicyclic) bond motifs is 1. The maximum absolute atomic E-state index is 12.4. The quantitative estimate of drug-likeness (QED) is 0.169. The highest BCUT2D eigenvalue weighted by molar-refractivity contribution is 6.39. The summed E-state index contributed by atoms with van der Waals surface area (Å²) in [5.74, 6) is 0.279. The number of carbonyl (C=O) groups excluding carboxylic acids is 2. The molecule has 0 saturated heterocycles. The van der Waals surface area contributed by atoms with Crippen molar-refractivity contribution in [2.45, 2.75) is 0 Å². The van der Waals surface area contributed by atoms with Gasteiger partial charge in [0, 0.05) is 40.7 Å². The number of halogens is 3. The lowest BCUT2D eigenvalue weighted by Crippen LogP contribution is -2.18. The van der Waals surface area contributed by atoms with E-state index in [0.717, 1.165) is 5.56 Å². The molecule has 2 aromatic carbocycles. The highest BCUT2D eigenvalue weighted by Crippen LogP contribution is 2.43. The van der Waals surface area contributed by atoms with Crippen LogP contribution < -0.4 is 10.3 Å². The fraction of sp³-hybridized carbons (Fsp3) is 0.0357. The van der Waals surface area contributed by atoms with Crippen molar-refractivity contribution in [3.05, 3.63) is 104 Å². The summed E-state index contributed by atoms with van der Waals surface area (Å²) in [4.78, 5) is 43.4. The molecule has 0 amide bonds. The number of hydrogen-bond acceptors (Lipinski definition) is 6. The van der Waals surface area contributed by atoms with Crippen molar-refractivity contribution in [3.63, 3.8) is 0 Å². The third-order valence-electron chi connectivity index (χ3n) is 6.05. The maximum atomic E-state index is 12.4. The van der Waals surface area contributed by atoms with Crippen LogP contribution in [0.4, 0.5) is 0 Å². The molecule has 0 bridgehead atoms. The van der Waals surface area contributed by atoms with E-state index in [4.69, 9.17) is 39.5 Å². The number of ether oxygens (including phenoxy) is 1. The zero-order valence-electron chi connectivity index (χ0n) is 19.6. The molecule has 7 nitrogen and oxygen atoms in total. The van der Waals surface area contributed by atoms with Crippen LogP contribution >= 0.6 is 34.8 Å². The first-order valence-corrected chi connectivity index (χ1v) is 12.3. The Morgan fingerprint density at radius 3 is 2.18 bits per heavy atom. The molecule has 0 radical (unpaired) electrons. The highest BCUT2D eigenvalue weighted by Gasteiger charge is 2.19. The standard InChI is InChI=1S/C28H16Cl3N3O4/c1-38-23-11-22(33-27(31)21(23)14-36)20-7-3-6-19(26(20)30)18-5-2-4-17(25(18)29)15-8-9-34-24(10-15)32-12-16(13-35)28(34)37/h2-14H,1H3. The number of carbonyl (C=O) groups is 2. The zero-order valence-corrected chi connectivity index (χ0v) is 21.9. The fourth-order valence-corrected chi connectivity index (χ4v) is 5.04. The molecule has 0 aliphatic carbocycles. The van der Waals surface area contributed by atoms with Crippen molar-refractivity contribution in [2.24, 2.45) is 0 Å². The molecule has 5 aromatic rings. The van der Waals surface area contributed by atoms with Crippen molar-refractivity contribution in [2.75, 3.05) is 7.11 Å². The highest BCUT2D eigenvalue weighted by atomic mass is 35.5. The van der Waals surface area contributed by atoms with Gasteiger partial charge in [-0.2, -0.15) is 0 Å². The van der Waals surface area contributed by atoms with Gasteiger partial charge in [0.2, 0.25) is 0 Å². The molecule has 10 heteroatoms. The van der Waals surface area contributed by atoms with E-state index < -0.39 is 5.56 Å². The van der Waals surface area contributed by atoms with E-state index in [1.807, 2.05) is 30.3 Å². The lowest BCUT2D eigenvalue weighted by molar-refractivity contribution is 0.111. The van der Waals surface area contributed by atoms with E-state index >= 15 is 0 Å². The summed E-state index contributed by atoms with van der Waals surface area (Å²) in [6.07, 6.45) is 3.86. The third-order valence-corrected chi connectivity index (χ3v) is 7.15. The smallest absolute Gasteiger partial charge is 0.268 e. The van der Waals surface area contributed by atoms with Gasteiger partial charge in [0.25, 0.3) is 5.56 Å². The normalized spacial score (nSPS) is 10.9. The summed E-state index contributed by atoms with van der Waals surface area (Å²) in [5.41, 5.74) is 3.77. The monoisotopic (exact) mass is 563 g/mol. The van der Waals surface area contributed by atoms with Gasteiger partial charge in [-0.05, 0) is 17.7 Å². The van der Waals surface area contributed by atoms with Crippen LogP contribution in [0.15, 0.2) is 71.8 Å². The molecule has 3 aromatic heterocycles. The van der Waals surface area contributed by atoms with Crippen LogP contribution in [0.3, 0.4) is 0 Å². The lowest BCUT2D eigenvalue weighted by Gasteiger charge is -2.15. The molecular weight excluding hydrogens is 549 g/mol. The van der Waals surface area contributed by atoms with Gasteiger partial charge in [-0.1, -0.05) is 71.2 Å². The largest absolute Gasteiger partial charge is 0.496 e. The number of nitrogens with zero attached hydrogens (tertiary/aromatic N) is 3. The first-order chi connectivity index (χ1) is 18.4. The van der Waals surface area contributed by atoms with Crippen molar-refractivity contribution >= 4 is 53.0 Å². The average Bonchev–Trinajstić information content (AvgIpc) is 2.93. The number of benzene rings is 2. The summed E-state index contributed by atoms with van der Waals surface area (Å²) in [6.45, 7) is 0. The molecule has 0 N–H and O–H groups in total. The van der Waals surface area contributed by atoms with Gasteiger partial charge in [-0.15, -0.1) is 0 Å². The summed E-state index contributed by atoms with van der Waals surface area (Å²) < 4.78 is 6.60. The average molecular weight is 565 g/mol.